The number of anilines is 1. The van der Waals surface area contributed by atoms with Crippen molar-refractivity contribution in [3.8, 4) is 17.4 Å². The maximum Gasteiger partial charge on any atom is 0.321 e. The van der Waals surface area contributed by atoms with E-state index in [9.17, 15) is 4.79 Å². The van der Waals surface area contributed by atoms with Crippen LogP contribution in [-0.2, 0) is 0 Å². The number of ether oxygens (including phenoxy) is 2. The summed E-state index contributed by atoms with van der Waals surface area (Å²) in [5.74, 6) is 3.59. The van der Waals surface area contributed by atoms with Gasteiger partial charge in [-0.2, -0.15) is 5.10 Å². The number of carbonyl (C=O) groups is 1. The SMILES string of the molecule is COc1ccc(Oc2ncccc2NC(=O)N2CCC(c3n[nH]c(C)n3)CC2)cc1. The molecule has 2 aromatic heterocycles. The van der Waals surface area contributed by atoms with Crippen molar-refractivity contribution in [1.29, 1.82) is 0 Å². The molecule has 3 aromatic rings. The number of aryl methyl sites for hydroxylation is 1. The Morgan fingerprint density at radius 2 is 1.90 bits per heavy atom. The Kier molecular flexibility index (Phi) is 5.78. The standard InChI is InChI=1S/C21H24N6O3/c1-14-23-19(26-25-14)15-9-12-27(13-10-15)21(28)24-18-4-3-11-22-20(18)30-17-7-5-16(29-2)6-8-17/h3-8,11,15H,9-10,12-13H2,1-2H3,(H,24,28)(H,23,25,26). The summed E-state index contributed by atoms with van der Waals surface area (Å²) < 4.78 is 11.0. The minimum atomic E-state index is -0.174. The van der Waals surface area contributed by atoms with E-state index in [1.807, 2.05) is 6.92 Å². The van der Waals surface area contributed by atoms with Crippen LogP contribution in [0.5, 0.6) is 17.4 Å². The summed E-state index contributed by atoms with van der Waals surface area (Å²) >= 11 is 0. The molecule has 0 bridgehead atoms. The van der Waals surface area contributed by atoms with Gasteiger partial charge in [0.15, 0.2) is 5.82 Å². The van der Waals surface area contributed by atoms with Crippen molar-refractivity contribution < 1.29 is 14.3 Å². The van der Waals surface area contributed by atoms with E-state index in [1.54, 1.807) is 54.6 Å². The molecule has 3 heterocycles. The highest BCUT2D eigenvalue weighted by Gasteiger charge is 2.26. The number of nitrogens with one attached hydrogen (secondary N) is 2. The van der Waals surface area contributed by atoms with Gasteiger partial charge in [-0.05, 0) is 56.2 Å². The molecule has 0 spiro atoms. The Bertz CT molecular complexity index is 996. The number of benzene rings is 1. The normalized spacial score (nSPS) is 14.4. The minimum absolute atomic E-state index is 0.174. The molecule has 1 aromatic carbocycles. The van der Waals surface area contributed by atoms with Gasteiger partial charge in [-0.3, -0.25) is 5.10 Å². The number of pyridine rings is 1. The molecule has 156 valence electrons. The third kappa shape index (κ3) is 4.51. The summed E-state index contributed by atoms with van der Waals surface area (Å²) in [6.07, 6.45) is 3.28. The predicted octanol–water partition coefficient (Wildman–Crippen LogP) is 3.72. The van der Waals surface area contributed by atoms with Crippen LogP contribution in [0.4, 0.5) is 10.5 Å². The molecule has 1 aliphatic rings. The Morgan fingerprint density at radius 1 is 1.17 bits per heavy atom. The zero-order valence-electron chi connectivity index (χ0n) is 17.0. The van der Waals surface area contributed by atoms with Gasteiger partial charge < -0.3 is 19.7 Å². The van der Waals surface area contributed by atoms with Crippen molar-refractivity contribution in [3.05, 3.63) is 54.2 Å². The van der Waals surface area contributed by atoms with Crippen molar-refractivity contribution in [3.63, 3.8) is 0 Å². The zero-order valence-corrected chi connectivity index (χ0v) is 17.0. The molecule has 1 aliphatic heterocycles. The maximum atomic E-state index is 12.8. The molecule has 4 rings (SSSR count). The van der Waals surface area contributed by atoms with Crippen LogP contribution in [0.25, 0.3) is 0 Å². The highest BCUT2D eigenvalue weighted by molar-refractivity contribution is 5.90. The fourth-order valence-corrected chi connectivity index (χ4v) is 3.40. The lowest BCUT2D eigenvalue weighted by Crippen LogP contribution is -2.40. The summed E-state index contributed by atoms with van der Waals surface area (Å²) in [5, 5.41) is 10.1. The van der Waals surface area contributed by atoms with E-state index in [-0.39, 0.29) is 11.9 Å². The topological polar surface area (TPSA) is 105 Å². The van der Waals surface area contributed by atoms with Crippen LogP contribution in [0.1, 0.15) is 30.4 Å². The second-order valence-electron chi connectivity index (χ2n) is 7.10. The quantitative estimate of drug-likeness (QED) is 0.667. The second-order valence-corrected chi connectivity index (χ2v) is 7.10. The summed E-state index contributed by atoms with van der Waals surface area (Å²) in [6.45, 7) is 3.16. The molecular weight excluding hydrogens is 384 g/mol. The molecule has 0 unspecified atom stereocenters. The zero-order chi connectivity index (χ0) is 20.9. The fourth-order valence-electron chi connectivity index (χ4n) is 3.40. The Labute approximate surface area is 174 Å². The number of rotatable bonds is 5. The summed E-state index contributed by atoms with van der Waals surface area (Å²) in [4.78, 5) is 23.3. The number of amides is 2. The van der Waals surface area contributed by atoms with Crippen LogP contribution >= 0.6 is 0 Å². The van der Waals surface area contributed by atoms with Crippen molar-refractivity contribution in [1.82, 2.24) is 25.1 Å². The van der Waals surface area contributed by atoms with Crippen LogP contribution < -0.4 is 14.8 Å². The smallest absolute Gasteiger partial charge is 0.321 e. The number of aromatic nitrogens is 4. The van der Waals surface area contributed by atoms with Gasteiger partial charge in [-0.1, -0.05) is 0 Å². The van der Waals surface area contributed by atoms with Gasteiger partial charge in [-0.25, -0.2) is 14.8 Å². The van der Waals surface area contributed by atoms with E-state index in [2.05, 4.69) is 25.5 Å². The van der Waals surface area contributed by atoms with E-state index >= 15 is 0 Å². The first-order valence-corrected chi connectivity index (χ1v) is 9.84. The average Bonchev–Trinajstić information content (AvgIpc) is 3.22. The molecule has 9 nitrogen and oxygen atoms in total. The van der Waals surface area contributed by atoms with Crippen molar-refractivity contribution >= 4 is 11.7 Å². The van der Waals surface area contributed by atoms with Crippen LogP contribution in [0.2, 0.25) is 0 Å². The van der Waals surface area contributed by atoms with Gasteiger partial charge in [-0.15, -0.1) is 0 Å². The Morgan fingerprint density at radius 3 is 2.57 bits per heavy atom. The number of piperidine rings is 1. The number of urea groups is 1. The molecule has 0 saturated carbocycles. The van der Waals surface area contributed by atoms with Gasteiger partial charge in [0, 0.05) is 25.2 Å². The molecule has 1 saturated heterocycles. The fraction of sp³-hybridized carbons (Fsp3) is 0.333. The van der Waals surface area contributed by atoms with Crippen LogP contribution in [-0.4, -0.2) is 51.3 Å². The average molecular weight is 408 g/mol. The molecule has 0 aliphatic carbocycles. The first-order valence-electron chi connectivity index (χ1n) is 9.84. The number of H-pyrrole nitrogens is 1. The molecule has 30 heavy (non-hydrogen) atoms. The van der Waals surface area contributed by atoms with E-state index in [0.29, 0.717) is 30.4 Å². The van der Waals surface area contributed by atoms with Gasteiger partial charge in [0.2, 0.25) is 5.88 Å². The third-order valence-corrected chi connectivity index (χ3v) is 5.05. The van der Waals surface area contributed by atoms with Crippen molar-refractivity contribution in [2.75, 3.05) is 25.5 Å². The molecule has 2 amide bonds. The van der Waals surface area contributed by atoms with Gasteiger partial charge >= 0.3 is 6.03 Å². The number of carbonyl (C=O) groups excluding carboxylic acids is 1. The second kappa shape index (κ2) is 8.81. The number of aromatic amines is 1. The van der Waals surface area contributed by atoms with Crippen molar-refractivity contribution in [2.45, 2.75) is 25.7 Å². The summed E-state index contributed by atoms with van der Waals surface area (Å²) in [5.41, 5.74) is 0.519. The minimum Gasteiger partial charge on any atom is -0.497 e. The van der Waals surface area contributed by atoms with Crippen LogP contribution in [0.3, 0.4) is 0 Å². The maximum absolute atomic E-state index is 12.8. The molecule has 2 N–H and O–H groups in total. The number of nitrogens with zero attached hydrogens (tertiary/aromatic N) is 4. The largest absolute Gasteiger partial charge is 0.497 e. The number of methoxy groups -OCH3 is 1. The number of hydrogen-bond donors (Lipinski definition) is 2. The summed E-state index contributed by atoms with van der Waals surface area (Å²) in [6, 6.07) is 10.5. The lowest BCUT2D eigenvalue weighted by molar-refractivity contribution is 0.193. The van der Waals surface area contributed by atoms with Crippen LogP contribution in [0, 0.1) is 6.92 Å². The van der Waals surface area contributed by atoms with Gasteiger partial charge in [0.25, 0.3) is 0 Å². The van der Waals surface area contributed by atoms with Crippen molar-refractivity contribution in [2.24, 2.45) is 0 Å². The van der Waals surface area contributed by atoms with E-state index in [4.69, 9.17) is 9.47 Å². The first-order chi connectivity index (χ1) is 14.6. The predicted molar refractivity (Wildman–Crippen MR) is 111 cm³/mol. The van der Waals surface area contributed by atoms with E-state index in [0.717, 1.165) is 30.2 Å². The number of hydrogen-bond acceptors (Lipinski definition) is 6. The molecule has 0 atom stereocenters. The van der Waals surface area contributed by atoms with E-state index in [1.165, 1.54) is 0 Å². The highest BCUT2D eigenvalue weighted by Crippen LogP contribution is 2.29. The van der Waals surface area contributed by atoms with E-state index < -0.39 is 0 Å². The Balaban J connectivity index is 1.37. The van der Waals surface area contributed by atoms with Crippen LogP contribution in [0.15, 0.2) is 42.6 Å². The molecular formula is C21H24N6O3. The number of likely N-dealkylation sites (tertiary alicyclic amines) is 1. The third-order valence-electron chi connectivity index (χ3n) is 5.05. The van der Waals surface area contributed by atoms with Gasteiger partial charge in [0.1, 0.15) is 23.0 Å². The molecule has 0 radical (unpaired) electrons. The molecule has 9 heteroatoms. The highest BCUT2D eigenvalue weighted by atomic mass is 16.5. The monoisotopic (exact) mass is 408 g/mol. The lowest BCUT2D eigenvalue weighted by Gasteiger charge is -2.30. The molecule has 1 fully saturated rings. The first kappa shape index (κ1) is 19.7. The summed E-state index contributed by atoms with van der Waals surface area (Å²) in [7, 11) is 1.61. The van der Waals surface area contributed by atoms with Gasteiger partial charge in [0.05, 0.1) is 7.11 Å². The lowest BCUT2D eigenvalue weighted by atomic mass is 9.96. The Hall–Kier alpha value is -3.62.